The molecule has 0 unspecified atom stereocenters. The number of anilines is 1. The summed E-state index contributed by atoms with van der Waals surface area (Å²) in [5.41, 5.74) is 4.16. The van der Waals surface area contributed by atoms with Crippen molar-refractivity contribution in [3.63, 3.8) is 0 Å². The first kappa shape index (κ1) is 60.3. The van der Waals surface area contributed by atoms with Crippen molar-refractivity contribution in [1.29, 1.82) is 0 Å². The van der Waals surface area contributed by atoms with Crippen LogP contribution in [0.15, 0.2) is 146 Å². The first-order chi connectivity index (χ1) is 27.9. The monoisotopic (exact) mass is 1560 g/mol. The van der Waals surface area contributed by atoms with Gasteiger partial charge in [-0.25, -0.2) is 14.5 Å². The minimum Gasteiger partial charge on any atom is -0.508 e. The van der Waals surface area contributed by atoms with Crippen molar-refractivity contribution in [2.24, 2.45) is 0 Å². The van der Waals surface area contributed by atoms with E-state index in [1.807, 2.05) is 24.3 Å². The summed E-state index contributed by atoms with van der Waals surface area (Å²) in [6.45, 7) is 0. The van der Waals surface area contributed by atoms with Crippen molar-refractivity contribution in [1.82, 2.24) is 0 Å². The van der Waals surface area contributed by atoms with Crippen molar-refractivity contribution in [3.8, 4) is 17.2 Å². The van der Waals surface area contributed by atoms with Crippen molar-refractivity contribution in [2.75, 3.05) is 12.0 Å². The fourth-order valence-corrected chi connectivity index (χ4v) is 4.55. The molecular formula is C42H36I6NO10Y-3. The van der Waals surface area contributed by atoms with Gasteiger partial charge in [0, 0.05) is 77.1 Å². The van der Waals surface area contributed by atoms with Gasteiger partial charge in [0.15, 0.2) is 0 Å². The maximum Gasteiger partial charge on any atom is 0.311 e. The number of halogens is 6. The van der Waals surface area contributed by atoms with Crippen LogP contribution in [0.2, 0.25) is 0 Å². The molecule has 6 N–H and O–H groups in total. The molecule has 6 aromatic carbocycles. The van der Waals surface area contributed by atoms with Crippen LogP contribution in [0.5, 0.6) is 17.2 Å². The van der Waals surface area contributed by atoms with Gasteiger partial charge in [0.25, 0.3) is 11.8 Å². The molecule has 1 heterocycles. The number of amides is 2. The minimum atomic E-state index is -0.899. The Bertz CT molecular complexity index is 1990. The number of imide groups is 1. The van der Waals surface area contributed by atoms with E-state index in [4.69, 9.17) is 25.5 Å². The van der Waals surface area contributed by atoms with Gasteiger partial charge in [-0.2, -0.15) is 60.7 Å². The number of aromatic carboxylic acids is 2. The summed E-state index contributed by atoms with van der Waals surface area (Å²) in [6.07, 6.45) is 0.806. The number of benzene rings is 6. The van der Waals surface area contributed by atoms with Crippen LogP contribution in [-0.2, 0) is 39.1 Å². The van der Waals surface area contributed by atoms with Gasteiger partial charge in [0.1, 0.15) is 17.2 Å². The number of hydrogen-bond donors (Lipinski definition) is 6. The molecule has 1 radical (unpaired) electrons. The summed E-state index contributed by atoms with van der Waals surface area (Å²) in [7, 11) is 1.00. The maximum atomic E-state index is 12.1. The van der Waals surface area contributed by atoms with E-state index < -0.39 is 11.9 Å². The zero-order chi connectivity index (χ0) is 43.5. The number of rotatable bonds is 5. The molecule has 0 atom stereocenters. The Morgan fingerprint density at radius 2 is 0.850 bits per heavy atom. The molecule has 11 nitrogen and oxygen atoms in total. The zero-order valence-electron chi connectivity index (χ0n) is 31.2. The number of phenolic OH excluding ortho intramolecular Hbond substituents is 3. The van der Waals surface area contributed by atoms with Gasteiger partial charge in [-0.1, -0.05) is 36.4 Å². The quantitative estimate of drug-likeness (QED) is 0.0560. The SMILES string of the molecule is CO.I.II.I[I-]I.O=C(O)c1cc[c-]cc1.O=C(O)c1cc[c-]cc1.O=C1c2ccccc2C(=O)N1c1ccc(O)cc1.Oc1ccc(Cc2ccc(O)cc2)cc1.[Y]. The standard InChI is InChI=1S/C14H9NO3.C13H12O2.2C7H5O2.CH4O.I3.I2.HI.Y/c16-10-7-5-9(6-8-10)15-13(17)11-3-1-2-4-12(11)14(15)18;14-12-5-1-10(2-6-12)9-11-3-7-13(15)8-4-11;2*8-7(9)6-4-2-1-3-5-6;1-2;1-3-2;1-2;;/h1-8,16H;1-8,14-15H,9H2;2*2-5H,(H,8,9);2H,1H3;;;1H;/q;;2*-1;;-1;;;. The van der Waals surface area contributed by atoms with E-state index in [0.29, 0.717) is 41.2 Å². The molecule has 18 heteroatoms. The molecule has 317 valence electrons. The topological polar surface area (TPSA) is 193 Å². The third-order valence-electron chi connectivity index (χ3n) is 7.11. The zero-order valence-corrected chi connectivity index (χ0v) is 47.2. The number of hydrogen-bond acceptors (Lipinski definition) is 8. The largest absolute Gasteiger partial charge is 0.508 e. The van der Waals surface area contributed by atoms with Gasteiger partial charge >= 0.3 is 62.4 Å². The molecule has 60 heavy (non-hydrogen) atoms. The third-order valence-corrected chi connectivity index (χ3v) is 7.11. The number of fused-ring (bicyclic) bond motifs is 1. The maximum absolute atomic E-state index is 12.1. The molecule has 7 rings (SSSR count). The Hall–Kier alpha value is -1.76. The Morgan fingerprint density at radius 3 is 1.12 bits per heavy atom. The second-order valence-corrected chi connectivity index (χ2v) is 27.0. The van der Waals surface area contributed by atoms with Crippen LogP contribution in [0.3, 0.4) is 0 Å². The second kappa shape index (κ2) is 35.7. The average Bonchev–Trinajstić information content (AvgIpc) is 3.51. The van der Waals surface area contributed by atoms with E-state index in [2.05, 4.69) is 86.6 Å². The van der Waals surface area contributed by atoms with Gasteiger partial charge in [0.2, 0.25) is 0 Å². The molecular weight excluding hydrogens is 1530 g/mol. The predicted molar refractivity (Wildman–Crippen MR) is 269 cm³/mol. The van der Waals surface area contributed by atoms with Crippen molar-refractivity contribution in [2.45, 2.75) is 6.42 Å². The number of nitrogens with zero attached hydrogens (tertiary/aromatic N) is 1. The number of aliphatic hydroxyl groups excluding tert-OH is 1. The first-order valence-corrected chi connectivity index (χ1v) is 35.0. The van der Waals surface area contributed by atoms with Crippen LogP contribution in [0.4, 0.5) is 5.69 Å². The number of carboxylic acid groups (broad SMARTS) is 2. The van der Waals surface area contributed by atoms with E-state index in [0.717, 1.165) is 29.6 Å². The van der Waals surface area contributed by atoms with Crippen molar-refractivity contribution in [3.05, 3.63) is 191 Å². The summed E-state index contributed by atoms with van der Waals surface area (Å²) >= 11 is 9.54. The van der Waals surface area contributed by atoms with Gasteiger partial charge in [-0.15, -0.1) is 24.0 Å². The molecule has 1 aliphatic rings. The number of aliphatic hydroxyl groups is 1. The molecule has 6 aromatic rings. The number of aromatic hydroxyl groups is 3. The Balaban J connectivity index is 0. The van der Waals surface area contributed by atoms with Crippen LogP contribution in [-0.4, -0.2) is 61.5 Å². The van der Waals surface area contributed by atoms with Crippen LogP contribution < -0.4 is 18.2 Å². The Morgan fingerprint density at radius 1 is 0.567 bits per heavy atom. The Labute approximate surface area is 443 Å². The molecule has 1 aliphatic heterocycles. The van der Waals surface area contributed by atoms with Crippen LogP contribution in [0.25, 0.3) is 0 Å². The third kappa shape index (κ3) is 22.6. The molecule has 0 spiro atoms. The normalized spacial score (nSPS) is 9.93. The number of carbonyl (C=O) groups excluding carboxylic acids is 2. The van der Waals surface area contributed by atoms with Crippen LogP contribution in [0.1, 0.15) is 52.6 Å². The number of phenols is 3. The average molecular weight is 1570 g/mol. The van der Waals surface area contributed by atoms with E-state index >= 15 is 0 Å². The predicted octanol–water partition coefficient (Wildman–Crippen LogP) is 8.02. The van der Waals surface area contributed by atoms with Gasteiger partial charge in [-0.3, -0.25) is 9.59 Å². The summed E-state index contributed by atoms with van der Waals surface area (Å²) in [5, 5.41) is 51.2. The molecule has 0 bridgehead atoms. The van der Waals surface area contributed by atoms with Gasteiger partial charge in [-0.05, 0) is 89.3 Å². The second-order valence-electron chi connectivity index (χ2n) is 10.8. The number of carbonyl (C=O) groups is 4. The molecule has 0 saturated heterocycles. The smallest absolute Gasteiger partial charge is 0.311 e. The van der Waals surface area contributed by atoms with E-state index in [-0.39, 0.29) is 85.7 Å². The molecule has 0 aliphatic carbocycles. The summed E-state index contributed by atoms with van der Waals surface area (Å²) in [6, 6.07) is 44.7. The van der Waals surface area contributed by atoms with Gasteiger partial charge in [0.05, 0.1) is 16.8 Å². The molecule has 0 aromatic heterocycles. The molecule has 2 amide bonds. The van der Waals surface area contributed by atoms with Crippen LogP contribution in [0, 0.1) is 12.1 Å². The minimum absolute atomic E-state index is 0. The number of carboxylic acids is 2. The Kier molecular flexibility index (Phi) is 35.9. The van der Waals surface area contributed by atoms with Gasteiger partial charge < -0.3 is 30.6 Å². The summed E-state index contributed by atoms with van der Waals surface area (Å²) in [5.74, 6) is -1.81. The van der Waals surface area contributed by atoms with Crippen molar-refractivity contribution < 1.29 is 95.8 Å². The first-order valence-electron chi connectivity index (χ1n) is 16.1. The summed E-state index contributed by atoms with van der Waals surface area (Å²) in [4.78, 5) is 45.8. The molecule has 0 saturated carbocycles. The molecule has 0 fully saturated rings. The van der Waals surface area contributed by atoms with E-state index in [1.165, 1.54) is 48.5 Å². The van der Waals surface area contributed by atoms with Crippen molar-refractivity contribution >= 4 is 128 Å². The fraction of sp³-hybridized carbons (Fsp3) is 0.0476. The van der Waals surface area contributed by atoms with E-state index in [9.17, 15) is 24.3 Å². The fourth-order valence-electron chi connectivity index (χ4n) is 4.55. The van der Waals surface area contributed by atoms with Crippen LogP contribution >= 0.6 is 98.4 Å². The summed E-state index contributed by atoms with van der Waals surface area (Å²) < 4.78 is 0. The van der Waals surface area contributed by atoms with E-state index in [1.54, 1.807) is 72.8 Å².